The molecule has 0 aliphatic rings. The molecule has 152 valence electrons. The summed E-state index contributed by atoms with van der Waals surface area (Å²) >= 11 is 0. The highest BCUT2D eigenvalue weighted by Gasteiger charge is 2.27. The molecule has 0 aliphatic heterocycles. The van der Waals surface area contributed by atoms with Gasteiger partial charge in [0.2, 0.25) is 5.91 Å². The van der Waals surface area contributed by atoms with Crippen molar-refractivity contribution in [1.29, 1.82) is 0 Å². The summed E-state index contributed by atoms with van der Waals surface area (Å²) in [4.78, 5) is 29.3. The molecule has 0 saturated heterocycles. The third-order valence-electron chi connectivity index (χ3n) is 3.59. The Morgan fingerprint density at radius 2 is 1.89 bits per heavy atom. The summed E-state index contributed by atoms with van der Waals surface area (Å²) in [5, 5.41) is 2.38. The van der Waals surface area contributed by atoms with Crippen molar-refractivity contribution >= 4 is 21.8 Å². The van der Waals surface area contributed by atoms with Crippen molar-refractivity contribution in [2.45, 2.75) is 11.8 Å². The third kappa shape index (κ3) is 8.80. The number of pyridine rings is 1. The van der Waals surface area contributed by atoms with Crippen molar-refractivity contribution < 1.29 is 27.5 Å². The molecule has 0 aromatic carbocycles. The molecule has 0 spiro atoms. The van der Waals surface area contributed by atoms with Crippen LogP contribution in [0.25, 0.3) is 0 Å². The normalized spacial score (nSPS) is 12.4. The van der Waals surface area contributed by atoms with Gasteiger partial charge in [-0.3, -0.25) is 9.78 Å². The molecule has 0 unspecified atom stereocenters. The molecule has 1 heterocycles. The number of sulfone groups is 1. The first-order valence-electron chi connectivity index (χ1n) is 8.21. The smallest absolute Gasteiger partial charge is 0.318 e. The summed E-state index contributed by atoms with van der Waals surface area (Å²) in [7, 11) is -0.728. The third-order valence-corrected chi connectivity index (χ3v) is 5.20. The van der Waals surface area contributed by atoms with Gasteiger partial charge in [-0.2, -0.15) is 0 Å². The fraction of sp³-hybridized carbons (Fsp3) is 0.562. The average molecular weight is 402 g/mol. The highest BCUT2D eigenvalue weighted by atomic mass is 32.2. The van der Waals surface area contributed by atoms with Crippen molar-refractivity contribution in [2.75, 3.05) is 46.3 Å². The number of hydrogen-bond donors (Lipinski definition) is 2. The van der Waals surface area contributed by atoms with E-state index in [0.717, 1.165) is 0 Å². The Morgan fingerprint density at radius 1 is 1.26 bits per heavy atom. The Balaban J connectivity index is 2.78. The fourth-order valence-electron chi connectivity index (χ4n) is 2.20. The minimum Gasteiger partial charge on any atom is -0.383 e. The number of nitrogens with zero attached hydrogens (tertiary/aromatic N) is 2. The van der Waals surface area contributed by atoms with Crippen LogP contribution in [0.5, 0.6) is 0 Å². The first kappa shape index (κ1) is 22.8. The lowest BCUT2D eigenvalue weighted by Crippen LogP contribution is -2.53. The van der Waals surface area contributed by atoms with Gasteiger partial charge in [0.1, 0.15) is 6.04 Å². The standard InChI is InChI=1S/C16H26N4O6S/c1-25-8-6-20(7-9-26-2)16(22)19-14(15(17)21)12-27(23,24)11-13-4-3-5-18-10-13/h3-5,10,14H,6-9,11-12H2,1-2H3,(H2,17,21)(H,19,22)/t14-/m0/s1. The molecule has 0 saturated carbocycles. The van der Waals surface area contributed by atoms with Gasteiger partial charge in [-0.15, -0.1) is 0 Å². The summed E-state index contributed by atoms with van der Waals surface area (Å²) in [6.45, 7) is 1.05. The van der Waals surface area contributed by atoms with Crippen LogP contribution in [0.15, 0.2) is 24.5 Å². The topological polar surface area (TPSA) is 141 Å². The van der Waals surface area contributed by atoms with Crippen LogP contribution in [0.3, 0.4) is 0 Å². The zero-order valence-corrected chi connectivity index (χ0v) is 16.3. The molecule has 10 nitrogen and oxygen atoms in total. The Hall–Kier alpha value is -2.24. The van der Waals surface area contributed by atoms with E-state index in [1.165, 1.54) is 31.5 Å². The van der Waals surface area contributed by atoms with Crippen LogP contribution in [0, 0.1) is 0 Å². The minimum atomic E-state index is -3.71. The number of nitrogens with one attached hydrogen (secondary N) is 1. The second-order valence-electron chi connectivity index (χ2n) is 5.79. The van der Waals surface area contributed by atoms with Crippen molar-refractivity contribution in [2.24, 2.45) is 5.73 Å². The van der Waals surface area contributed by atoms with Crippen LogP contribution in [0.1, 0.15) is 5.56 Å². The zero-order chi connectivity index (χ0) is 20.3. The first-order valence-corrected chi connectivity index (χ1v) is 10.0. The fourth-order valence-corrected chi connectivity index (χ4v) is 3.76. The highest BCUT2D eigenvalue weighted by molar-refractivity contribution is 7.90. The van der Waals surface area contributed by atoms with E-state index in [2.05, 4.69) is 10.3 Å². The van der Waals surface area contributed by atoms with Gasteiger partial charge in [0.05, 0.1) is 24.7 Å². The summed E-state index contributed by atoms with van der Waals surface area (Å²) in [6.07, 6.45) is 2.95. The first-order chi connectivity index (χ1) is 12.8. The molecule has 0 radical (unpaired) electrons. The van der Waals surface area contributed by atoms with Crippen LogP contribution in [0.2, 0.25) is 0 Å². The average Bonchev–Trinajstić information content (AvgIpc) is 2.61. The molecule has 27 heavy (non-hydrogen) atoms. The van der Waals surface area contributed by atoms with Crippen LogP contribution < -0.4 is 11.1 Å². The highest BCUT2D eigenvalue weighted by Crippen LogP contribution is 2.07. The van der Waals surface area contributed by atoms with E-state index in [9.17, 15) is 18.0 Å². The molecule has 0 aliphatic carbocycles. The van der Waals surface area contributed by atoms with Gasteiger partial charge in [0.15, 0.2) is 9.84 Å². The monoisotopic (exact) mass is 402 g/mol. The lowest BCUT2D eigenvalue weighted by atomic mass is 10.3. The molecule has 1 atom stereocenters. The number of rotatable bonds is 12. The summed E-state index contributed by atoms with van der Waals surface area (Å²) in [5.74, 6) is -1.85. The summed E-state index contributed by atoms with van der Waals surface area (Å²) in [6, 6.07) is 1.25. The minimum absolute atomic E-state index is 0.250. The second kappa shape index (κ2) is 11.5. The molecule has 3 N–H and O–H groups in total. The maximum absolute atomic E-state index is 12.4. The molecular weight excluding hydrogens is 376 g/mol. The number of urea groups is 1. The van der Waals surface area contributed by atoms with Gasteiger partial charge in [-0.1, -0.05) is 6.07 Å². The molecule has 0 fully saturated rings. The molecule has 1 aromatic heterocycles. The zero-order valence-electron chi connectivity index (χ0n) is 15.5. The number of ether oxygens (including phenoxy) is 2. The van der Waals surface area contributed by atoms with Gasteiger partial charge in [0, 0.05) is 39.7 Å². The Bertz CT molecular complexity index is 690. The van der Waals surface area contributed by atoms with Gasteiger partial charge in [-0.05, 0) is 11.6 Å². The van der Waals surface area contributed by atoms with Gasteiger partial charge in [0.25, 0.3) is 0 Å². The Labute approximate surface area is 158 Å². The maximum Gasteiger partial charge on any atom is 0.318 e. The van der Waals surface area contributed by atoms with Crippen molar-refractivity contribution in [3.8, 4) is 0 Å². The number of primary amides is 1. The maximum atomic E-state index is 12.4. The van der Waals surface area contributed by atoms with Crippen LogP contribution >= 0.6 is 0 Å². The number of amides is 3. The van der Waals surface area contributed by atoms with Gasteiger partial charge >= 0.3 is 6.03 Å². The molecule has 1 rings (SSSR count). The molecular formula is C16H26N4O6S. The molecule has 0 bridgehead atoms. The second-order valence-corrected chi connectivity index (χ2v) is 7.90. The lowest BCUT2D eigenvalue weighted by molar-refractivity contribution is -0.119. The number of aromatic nitrogens is 1. The number of methoxy groups -OCH3 is 2. The van der Waals surface area contributed by atoms with Gasteiger partial charge in [-0.25, -0.2) is 13.2 Å². The number of hydrogen-bond acceptors (Lipinski definition) is 7. The van der Waals surface area contributed by atoms with E-state index in [1.807, 2.05) is 0 Å². The van der Waals surface area contributed by atoms with Crippen LogP contribution in [-0.4, -0.2) is 82.6 Å². The lowest BCUT2D eigenvalue weighted by Gasteiger charge is -2.25. The van der Waals surface area contributed by atoms with Crippen molar-refractivity contribution in [3.05, 3.63) is 30.1 Å². The summed E-state index contributed by atoms with van der Waals surface area (Å²) in [5.41, 5.74) is 5.77. The van der Waals surface area contributed by atoms with Crippen molar-refractivity contribution in [1.82, 2.24) is 15.2 Å². The van der Waals surface area contributed by atoms with E-state index in [1.54, 1.807) is 12.1 Å². The predicted molar refractivity (Wildman–Crippen MR) is 98.6 cm³/mol. The van der Waals surface area contributed by atoms with E-state index in [-0.39, 0.29) is 32.1 Å². The van der Waals surface area contributed by atoms with E-state index in [4.69, 9.17) is 15.2 Å². The van der Waals surface area contributed by atoms with Crippen molar-refractivity contribution in [3.63, 3.8) is 0 Å². The number of carbonyl (C=O) groups is 2. The molecule has 11 heteroatoms. The van der Waals surface area contributed by atoms with Crippen LogP contribution in [-0.2, 0) is 29.9 Å². The van der Waals surface area contributed by atoms with E-state index >= 15 is 0 Å². The number of nitrogens with two attached hydrogens (primary N) is 1. The summed E-state index contributed by atoms with van der Waals surface area (Å²) < 4.78 is 34.6. The Morgan fingerprint density at radius 3 is 2.37 bits per heavy atom. The molecule has 1 aromatic rings. The largest absolute Gasteiger partial charge is 0.383 e. The van der Waals surface area contributed by atoms with Gasteiger partial charge < -0.3 is 25.4 Å². The Kier molecular flexibility index (Phi) is 9.68. The molecule has 3 amide bonds. The quantitative estimate of drug-likeness (QED) is 0.464. The van der Waals surface area contributed by atoms with Crippen LogP contribution in [0.4, 0.5) is 4.79 Å². The SMILES string of the molecule is COCCN(CCOC)C(=O)N[C@@H](CS(=O)(=O)Cc1cccnc1)C(N)=O. The van der Waals surface area contributed by atoms with E-state index in [0.29, 0.717) is 5.56 Å². The number of carbonyl (C=O) groups excluding carboxylic acids is 2. The predicted octanol–water partition coefficient (Wildman–Crippen LogP) is -0.845. The van der Waals surface area contributed by atoms with E-state index < -0.39 is 33.6 Å².